The van der Waals surface area contributed by atoms with Gasteiger partial charge in [0.05, 0.1) is 10.0 Å². The molecule has 23 heavy (non-hydrogen) atoms. The molecule has 0 aromatic heterocycles. The van der Waals surface area contributed by atoms with E-state index in [1.54, 1.807) is 6.07 Å². The van der Waals surface area contributed by atoms with Crippen LogP contribution in [0.2, 0.25) is 10.0 Å². The molecule has 1 aliphatic carbocycles. The predicted octanol–water partition coefficient (Wildman–Crippen LogP) is 5.05. The van der Waals surface area contributed by atoms with Gasteiger partial charge in [-0.3, -0.25) is 9.80 Å². The van der Waals surface area contributed by atoms with Crippen molar-refractivity contribution in [3.05, 3.63) is 33.8 Å². The van der Waals surface area contributed by atoms with Crippen LogP contribution in [0.1, 0.15) is 57.9 Å². The molecule has 1 amide bonds. The van der Waals surface area contributed by atoms with Gasteiger partial charge < -0.3 is 0 Å². The van der Waals surface area contributed by atoms with Crippen LogP contribution in [0.25, 0.3) is 0 Å². The SMILES string of the molecule is CC1(C)C(=O)N(C2CCCCCC2)N1Cc1cccc(Cl)c1Cl. The van der Waals surface area contributed by atoms with Crippen molar-refractivity contribution in [3.63, 3.8) is 0 Å². The Morgan fingerprint density at radius 3 is 2.43 bits per heavy atom. The van der Waals surface area contributed by atoms with Crippen molar-refractivity contribution in [2.75, 3.05) is 0 Å². The summed E-state index contributed by atoms with van der Waals surface area (Å²) in [5.74, 6) is 0.225. The van der Waals surface area contributed by atoms with Crippen molar-refractivity contribution in [3.8, 4) is 0 Å². The van der Waals surface area contributed by atoms with Gasteiger partial charge in [-0.15, -0.1) is 0 Å². The van der Waals surface area contributed by atoms with Crippen LogP contribution in [-0.2, 0) is 11.3 Å². The fourth-order valence-electron chi connectivity index (χ4n) is 3.70. The summed E-state index contributed by atoms with van der Waals surface area (Å²) in [5.41, 5.74) is 0.496. The molecule has 1 aliphatic heterocycles. The standard InChI is InChI=1S/C18H24Cl2N2O/c1-18(2)17(23)22(14-9-5-3-4-6-10-14)21(18)12-13-8-7-11-15(19)16(13)20/h7-8,11,14H,3-6,9-10,12H2,1-2H3. The van der Waals surface area contributed by atoms with Crippen molar-refractivity contribution < 1.29 is 4.79 Å². The molecule has 3 nitrogen and oxygen atoms in total. The van der Waals surface area contributed by atoms with E-state index in [0.29, 0.717) is 22.6 Å². The molecule has 1 aromatic rings. The van der Waals surface area contributed by atoms with E-state index in [0.717, 1.165) is 18.4 Å². The van der Waals surface area contributed by atoms with E-state index < -0.39 is 5.54 Å². The second kappa shape index (κ2) is 6.62. The van der Waals surface area contributed by atoms with E-state index in [2.05, 4.69) is 5.01 Å². The van der Waals surface area contributed by atoms with E-state index >= 15 is 0 Å². The highest BCUT2D eigenvalue weighted by Gasteiger charge is 2.54. The van der Waals surface area contributed by atoms with Gasteiger partial charge in [-0.2, -0.15) is 5.01 Å². The number of hydrazine groups is 1. The van der Waals surface area contributed by atoms with E-state index in [1.165, 1.54) is 25.7 Å². The van der Waals surface area contributed by atoms with E-state index in [4.69, 9.17) is 23.2 Å². The molecule has 126 valence electrons. The maximum Gasteiger partial charge on any atom is 0.258 e. The highest BCUT2D eigenvalue weighted by atomic mass is 35.5. The summed E-state index contributed by atoms with van der Waals surface area (Å²) >= 11 is 12.5. The van der Waals surface area contributed by atoms with Gasteiger partial charge in [-0.1, -0.05) is 61.0 Å². The number of nitrogens with zero attached hydrogens (tertiary/aromatic N) is 2. The number of hydrogen-bond donors (Lipinski definition) is 0. The van der Waals surface area contributed by atoms with Gasteiger partial charge in [0, 0.05) is 12.6 Å². The second-order valence-corrected chi connectivity index (χ2v) is 7.91. The van der Waals surface area contributed by atoms with Gasteiger partial charge in [-0.25, -0.2) is 0 Å². The first-order valence-electron chi connectivity index (χ1n) is 8.47. The molecule has 1 saturated carbocycles. The third-order valence-electron chi connectivity index (χ3n) is 5.16. The largest absolute Gasteiger partial charge is 0.271 e. The van der Waals surface area contributed by atoms with E-state index in [1.807, 2.05) is 31.0 Å². The van der Waals surface area contributed by atoms with Crippen LogP contribution in [0.4, 0.5) is 0 Å². The molecule has 0 N–H and O–H groups in total. The summed E-state index contributed by atoms with van der Waals surface area (Å²) < 4.78 is 0. The smallest absolute Gasteiger partial charge is 0.258 e. The third kappa shape index (κ3) is 3.11. The van der Waals surface area contributed by atoms with Crippen LogP contribution in [0, 0.1) is 0 Å². The Balaban J connectivity index is 1.82. The van der Waals surface area contributed by atoms with Gasteiger partial charge in [0.1, 0.15) is 5.54 Å². The highest BCUT2D eigenvalue weighted by Crippen LogP contribution is 2.39. The molecule has 1 aromatic carbocycles. The summed E-state index contributed by atoms with van der Waals surface area (Å²) in [5, 5.41) is 5.31. The van der Waals surface area contributed by atoms with Crippen LogP contribution in [-0.4, -0.2) is 27.5 Å². The van der Waals surface area contributed by atoms with Crippen molar-refractivity contribution in [2.24, 2.45) is 0 Å². The average Bonchev–Trinajstić information content (AvgIpc) is 2.80. The number of rotatable bonds is 3. The summed E-state index contributed by atoms with van der Waals surface area (Å²) in [6, 6.07) is 6.02. The lowest BCUT2D eigenvalue weighted by Gasteiger charge is -2.58. The van der Waals surface area contributed by atoms with Gasteiger partial charge in [0.25, 0.3) is 5.91 Å². The molecule has 5 heteroatoms. The molecule has 0 radical (unpaired) electrons. The minimum Gasteiger partial charge on any atom is -0.271 e. The first-order valence-corrected chi connectivity index (χ1v) is 9.22. The molecule has 2 aliphatic rings. The second-order valence-electron chi connectivity index (χ2n) is 7.12. The zero-order chi connectivity index (χ0) is 16.6. The van der Waals surface area contributed by atoms with Crippen molar-refractivity contribution in [1.29, 1.82) is 0 Å². The Kier molecular flexibility index (Phi) is 4.91. The van der Waals surface area contributed by atoms with Crippen LogP contribution in [0.3, 0.4) is 0 Å². The lowest BCUT2D eigenvalue weighted by atomic mass is 9.93. The fourth-order valence-corrected chi connectivity index (χ4v) is 4.08. The maximum absolute atomic E-state index is 12.7. The number of halogens is 2. The number of hydrogen-bond acceptors (Lipinski definition) is 2. The minimum atomic E-state index is -0.474. The van der Waals surface area contributed by atoms with E-state index in [9.17, 15) is 4.79 Å². The van der Waals surface area contributed by atoms with Crippen molar-refractivity contribution >= 4 is 29.1 Å². The predicted molar refractivity (Wildman–Crippen MR) is 94.4 cm³/mol. The molecular weight excluding hydrogens is 331 g/mol. The summed E-state index contributed by atoms with van der Waals surface area (Å²) in [4.78, 5) is 12.7. The molecule has 0 atom stereocenters. The molecule has 0 spiro atoms. The average molecular weight is 355 g/mol. The fraction of sp³-hybridized carbons (Fsp3) is 0.611. The summed E-state index contributed by atoms with van der Waals surface area (Å²) in [7, 11) is 0. The van der Waals surface area contributed by atoms with Gasteiger partial charge in [0.15, 0.2) is 0 Å². The molecule has 0 bridgehead atoms. The monoisotopic (exact) mass is 354 g/mol. The Hall–Kier alpha value is -0.770. The zero-order valence-corrected chi connectivity index (χ0v) is 15.3. The molecule has 3 rings (SSSR count). The molecular formula is C18H24Cl2N2O. The maximum atomic E-state index is 12.7. The quantitative estimate of drug-likeness (QED) is 0.708. The normalized spacial score (nSPS) is 22.8. The minimum absolute atomic E-state index is 0.225. The third-order valence-corrected chi connectivity index (χ3v) is 6.02. The first-order chi connectivity index (χ1) is 10.9. The van der Waals surface area contributed by atoms with Crippen molar-refractivity contribution in [2.45, 2.75) is 70.5 Å². The lowest BCUT2D eigenvalue weighted by molar-refractivity contribution is -0.230. The number of carbonyl (C=O) groups excluding carboxylic acids is 1. The number of carbonyl (C=O) groups is 1. The first kappa shape index (κ1) is 17.1. The molecule has 0 unspecified atom stereocenters. The van der Waals surface area contributed by atoms with Crippen molar-refractivity contribution in [1.82, 2.24) is 10.0 Å². The van der Waals surface area contributed by atoms with Crippen LogP contribution in [0.15, 0.2) is 18.2 Å². The Bertz CT molecular complexity index is 595. The summed E-state index contributed by atoms with van der Waals surface area (Å²) in [6.45, 7) is 4.59. The Labute approximate surface area is 148 Å². The van der Waals surface area contributed by atoms with Gasteiger partial charge in [-0.05, 0) is 38.3 Å². The van der Waals surface area contributed by atoms with Gasteiger partial charge >= 0.3 is 0 Å². The Morgan fingerprint density at radius 2 is 1.78 bits per heavy atom. The topological polar surface area (TPSA) is 23.6 Å². The molecule has 1 saturated heterocycles. The molecule has 1 heterocycles. The van der Waals surface area contributed by atoms with Crippen LogP contribution >= 0.6 is 23.2 Å². The lowest BCUT2D eigenvalue weighted by Crippen LogP contribution is -2.76. The summed E-state index contributed by atoms with van der Waals surface area (Å²) in [6.07, 6.45) is 7.18. The Morgan fingerprint density at radius 1 is 1.13 bits per heavy atom. The van der Waals surface area contributed by atoms with Gasteiger partial charge in [0.2, 0.25) is 0 Å². The van der Waals surface area contributed by atoms with Crippen LogP contribution < -0.4 is 0 Å². The number of amides is 1. The van der Waals surface area contributed by atoms with E-state index in [-0.39, 0.29) is 5.91 Å². The van der Waals surface area contributed by atoms with Crippen LogP contribution in [0.5, 0.6) is 0 Å². The number of benzene rings is 1. The molecule has 2 fully saturated rings. The zero-order valence-electron chi connectivity index (χ0n) is 13.8. The highest BCUT2D eigenvalue weighted by molar-refractivity contribution is 6.42.